The van der Waals surface area contributed by atoms with Crippen LogP contribution in [-0.4, -0.2) is 0 Å². The first-order chi connectivity index (χ1) is 5.42. The van der Waals surface area contributed by atoms with E-state index in [1.807, 2.05) is 12.1 Å². The van der Waals surface area contributed by atoms with E-state index in [9.17, 15) is 0 Å². The van der Waals surface area contributed by atoms with Crippen molar-refractivity contribution in [1.29, 1.82) is 0 Å². The van der Waals surface area contributed by atoms with Crippen molar-refractivity contribution >= 4 is 0 Å². The van der Waals surface area contributed by atoms with Gasteiger partial charge in [0.1, 0.15) is 0 Å². The first-order valence-corrected chi connectivity index (χ1v) is 3.69. The average molecular weight is 143 g/mol. The molecule has 1 aromatic carbocycles. The Bertz CT molecular complexity index is 309. The minimum atomic E-state index is 0.131. The number of benzene rings is 1. The predicted molar refractivity (Wildman–Crippen MR) is 44.9 cm³/mol. The molecule has 1 aromatic rings. The number of hydrogen-bond acceptors (Lipinski definition) is 1. The van der Waals surface area contributed by atoms with E-state index in [1.54, 1.807) is 0 Å². The molecule has 0 amide bonds. The summed E-state index contributed by atoms with van der Waals surface area (Å²) in [6.07, 6.45) is 5.34. The van der Waals surface area contributed by atoms with Gasteiger partial charge in [0.25, 0.3) is 0 Å². The normalized spacial score (nSPS) is 20.8. The van der Waals surface area contributed by atoms with E-state index >= 15 is 0 Å². The number of rotatable bonds is 0. The molecular weight excluding hydrogens is 134 g/mol. The minimum Gasteiger partial charge on any atom is -0.296 e. The zero-order valence-corrected chi connectivity index (χ0v) is 6.17. The van der Waals surface area contributed by atoms with Crippen molar-refractivity contribution in [3.8, 4) is 12.3 Å². The first-order valence-electron chi connectivity index (χ1n) is 3.69. The van der Waals surface area contributed by atoms with Gasteiger partial charge < -0.3 is 0 Å². The van der Waals surface area contributed by atoms with Crippen molar-refractivity contribution in [1.82, 2.24) is 5.32 Å². The molecule has 1 heterocycles. The van der Waals surface area contributed by atoms with Crippen molar-refractivity contribution in [2.45, 2.75) is 12.6 Å². The van der Waals surface area contributed by atoms with E-state index in [0.29, 0.717) is 0 Å². The maximum atomic E-state index is 5.34. The number of fused-ring (bicyclic) bond motifs is 1. The molecule has 0 bridgehead atoms. The SMILES string of the molecule is C#CC1NCc2ccccc21. The lowest BCUT2D eigenvalue weighted by Gasteiger charge is -2.01. The Hall–Kier alpha value is -1.26. The van der Waals surface area contributed by atoms with Crippen molar-refractivity contribution in [3.63, 3.8) is 0 Å². The Morgan fingerprint density at radius 3 is 3.09 bits per heavy atom. The van der Waals surface area contributed by atoms with Crippen LogP contribution in [0.15, 0.2) is 24.3 Å². The Morgan fingerprint density at radius 2 is 2.27 bits per heavy atom. The summed E-state index contributed by atoms with van der Waals surface area (Å²) >= 11 is 0. The summed E-state index contributed by atoms with van der Waals surface area (Å²) < 4.78 is 0. The summed E-state index contributed by atoms with van der Waals surface area (Å²) in [6.45, 7) is 0.908. The predicted octanol–water partition coefficient (Wildman–Crippen LogP) is 1.46. The average Bonchev–Trinajstić information content (AvgIpc) is 2.47. The smallest absolute Gasteiger partial charge is 0.0948 e. The molecule has 54 valence electrons. The van der Waals surface area contributed by atoms with Crippen LogP contribution in [0.4, 0.5) is 0 Å². The Labute approximate surface area is 66.4 Å². The molecule has 1 nitrogen and oxygen atoms in total. The van der Waals surface area contributed by atoms with Crippen molar-refractivity contribution in [2.24, 2.45) is 0 Å². The number of hydrogen-bond donors (Lipinski definition) is 1. The number of nitrogens with one attached hydrogen (secondary N) is 1. The second-order valence-corrected chi connectivity index (χ2v) is 2.68. The van der Waals surface area contributed by atoms with Gasteiger partial charge in [0.2, 0.25) is 0 Å². The molecule has 0 aromatic heterocycles. The fraction of sp³-hybridized carbons (Fsp3) is 0.200. The zero-order chi connectivity index (χ0) is 7.68. The van der Waals surface area contributed by atoms with Crippen LogP contribution in [0.25, 0.3) is 0 Å². The molecule has 11 heavy (non-hydrogen) atoms. The fourth-order valence-electron chi connectivity index (χ4n) is 1.45. The summed E-state index contributed by atoms with van der Waals surface area (Å²) in [5.74, 6) is 2.71. The second-order valence-electron chi connectivity index (χ2n) is 2.68. The third kappa shape index (κ3) is 0.923. The molecule has 1 N–H and O–H groups in total. The van der Waals surface area contributed by atoms with Gasteiger partial charge >= 0.3 is 0 Å². The summed E-state index contributed by atoms with van der Waals surface area (Å²) in [5.41, 5.74) is 2.59. The van der Waals surface area contributed by atoms with E-state index in [2.05, 4.69) is 23.4 Å². The summed E-state index contributed by atoms with van der Waals surface area (Å²) in [5, 5.41) is 3.24. The lowest BCUT2D eigenvalue weighted by Crippen LogP contribution is -2.08. The van der Waals surface area contributed by atoms with Crippen LogP contribution < -0.4 is 5.32 Å². The van der Waals surface area contributed by atoms with Crippen LogP contribution in [-0.2, 0) is 6.54 Å². The Morgan fingerprint density at radius 1 is 1.45 bits per heavy atom. The van der Waals surface area contributed by atoms with Crippen molar-refractivity contribution in [3.05, 3.63) is 35.4 Å². The highest BCUT2D eigenvalue weighted by molar-refractivity contribution is 5.37. The monoisotopic (exact) mass is 143 g/mol. The van der Waals surface area contributed by atoms with Gasteiger partial charge in [0, 0.05) is 6.54 Å². The van der Waals surface area contributed by atoms with Gasteiger partial charge in [-0.2, -0.15) is 0 Å². The van der Waals surface area contributed by atoms with E-state index in [1.165, 1.54) is 11.1 Å². The maximum absolute atomic E-state index is 5.34. The third-order valence-electron chi connectivity index (χ3n) is 2.03. The van der Waals surface area contributed by atoms with Gasteiger partial charge in [-0.15, -0.1) is 6.42 Å². The molecule has 2 rings (SSSR count). The molecule has 1 aliphatic rings. The molecule has 1 aliphatic heterocycles. The van der Waals surface area contributed by atoms with Gasteiger partial charge in [-0.05, 0) is 11.1 Å². The van der Waals surface area contributed by atoms with Crippen molar-refractivity contribution in [2.75, 3.05) is 0 Å². The highest BCUT2D eigenvalue weighted by atomic mass is 14.9. The fourth-order valence-corrected chi connectivity index (χ4v) is 1.45. The van der Waals surface area contributed by atoms with E-state index in [0.717, 1.165) is 6.54 Å². The molecule has 0 saturated carbocycles. The van der Waals surface area contributed by atoms with Crippen LogP contribution in [0.1, 0.15) is 17.2 Å². The van der Waals surface area contributed by atoms with E-state index < -0.39 is 0 Å². The first kappa shape index (κ1) is 6.45. The molecule has 1 heteroatoms. The largest absolute Gasteiger partial charge is 0.296 e. The maximum Gasteiger partial charge on any atom is 0.0948 e. The quantitative estimate of drug-likeness (QED) is 0.542. The Kier molecular flexibility index (Phi) is 1.41. The van der Waals surface area contributed by atoms with Gasteiger partial charge in [0.15, 0.2) is 0 Å². The summed E-state index contributed by atoms with van der Waals surface area (Å²) in [4.78, 5) is 0. The van der Waals surface area contributed by atoms with E-state index in [4.69, 9.17) is 6.42 Å². The molecular formula is C10H9N. The Balaban J connectivity index is 2.49. The summed E-state index contributed by atoms with van der Waals surface area (Å²) in [6, 6.07) is 8.39. The lowest BCUT2D eigenvalue weighted by atomic mass is 10.1. The topological polar surface area (TPSA) is 12.0 Å². The molecule has 0 fully saturated rings. The standard InChI is InChI=1S/C10H9N/c1-2-10-9-6-4-3-5-8(9)7-11-10/h1,3-6,10-11H,7H2. The van der Waals surface area contributed by atoms with Crippen molar-refractivity contribution < 1.29 is 0 Å². The van der Waals surface area contributed by atoms with Gasteiger partial charge in [-0.1, -0.05) is 30.2 Å². The highest BCUT2D eigenvalue weighted by Crippen LogP contribution is 2.23. The minimum absolute atomic E-state index is 0.131. The summed E-state index contributed by atoms with van der Waals surface area (Å²) in [7, 11) is 0. The van der Waals surface area contributed by atoms with Gasteiger partial charge in [-0.25, -0.2) is 0 Å². The lowest BCUT2D eigenvalue weighted by molar-refractivity contribution is 0.703. The molecule has 0 radical (unpaired) electrons. The molecule has 1 atom stereocenters. The second kappa shape index (κ2) is 2.41. The van der Waals surface area contributed by atoms with Crippen LogP contribution >= 0.6 is 0 Å². The highest BCUT2D eigenvalue weighted by Gasteiger charge is 2.17. The molecule has 0 spiro atoms. The van der Waals surface area contributed by atoms with Crippen LogP contribution in [0.5, 0.6) is 0 Å². The zero-order valence-electron chi connectivity index (χ0n) is 6.17. The van der Waals surface area contributed by atoms with Crippen LogP contribution in [0.2, 0.25) is 0 Å². The number of terminal acetylenes is 1. The van der Waals surface area contributed by atoms with Gasteiger partial charge in [0.05, 0.1) is 6.04 Å². The van der Waals surface area contributed by atoms with Crippen LogP contribution in [0, 0.1) is 12.3 Å². The third-order valence-corrected chi connectivity index (χ3v) is 2.03. The molecule has 0 aliphatic carbocycles. The van der Waals surface area contributed by atoms with Crippen LogP contribution in [0.3, 0.4) is 0 Å². The molecule has 1 unspecified atom stereocenters. The van der Waals surface area contributed by atoms with E-state index in [-0.39, 0.29) is 6.04 Å². The molecule has 0 saturated heterocycles. The van der Waals surface area contributed by atoms with Gasteiger partial charge in [-0.3, -0.25) is 5.32 Å².